The fourth-order valence-electron chi connectivity index (χ4n) is 3.47. The molecule has 0 spiro atoms. The second-order valence-corrected chi connectivity index (χ2v) is 7.75. The van der Waals surface area contributed by atoms with Crippen LogP contribution in [0.25, 0.3) is 0 Å². The molecule has 1 saturated carbocycles. The van der Waals surface area contributed by atoms with Crippen LogP contribution in [0.5, 0.6) is 0 Å². The first kappa shape index (κ1) is 17.4. The molecule has 130 valence electrons. The number of carbonyl (C=O) groups excluding carboxylic acids is 1. The molecule has 3 rings (SSSR count). The number of thiophene rings is 1. The molecule has 1 amide bonds. The first-order valence-electron chi connectivity index (χ1n) is 8.66. The summed E-state index contributed by atoms with van der Waals surface area (Å²) in [6.45, 7) is 2.33. The average Bonchev–Trinajstić information content (AvgIpc) is 3.31. The number of amides is 1. The number of carbonyl (C=O) groups is 1. The molecule has 7 heteroatoms. The first-order valence-corrected chi connectivity index (χ1v) is 9.94. The van der Waals surface area contributed by atoms with Gasteiger partial charge in [0.15, 0.2) is 4.77 Å². The van der Waals surface area contributed by atoms with Gasteiger partial charge in [0.1, 0.15) is 12.4 Å². The molecule has 0 aromatic carbocycles. The van der Waals surface area contributed by atoms with Gasteiger partial charge in [0.25, 0.3) is 0 Å². The van der Waals surface area contributed by atoms with Gasteiger partial charge in [-0.3, -0.25) is 14.5 Å². The van der Waals surface area contributed by atoms with Crippen molar-refractivity contribution in [1.82, 2.24) is 20.1 Å². The van der Waals surface area contributed by atoms with Crippen molar-refractivity contribution in [2.75, 3.05) is 0 Å². The standard InChI is InChI=1S/C17H24N4OS2/c1-2-6-14-19-20-17(23)21(14)11-15(22)18-16(12-7-3-4-8-12)13-9-5-10-24-13/h5,9-10,12,16H,2-4,6-8,11H2,1H3,(H,18,22)(H,20,23). The third-order valence-corrected chi connectivity index (χ3v) is 5.92. The maximum absolute atomic E-state index is 12.7. The Morgan fingerprint density at radius 2 is 2.33 bits per heavy atom. The third-order valence-electron chi connectivity index (χ3n) is 4.65. The van der Waals surface area contributed by atoms with Gasteiger partial charge >= 0.3 is 0 Å². The molecule has 0 bridgehead atoms. The number of H-pyrrole nitrogens is 1. The van der Waals surface area contributed by atoms with Crippen molar-refractivity contribution in [2.45, 2.75) is 58.0 Å². The van der Waals surface area contributed by atoms with Crippen molar-refractivity contribution >= 4 is 29.5 Å². The van der Waals surface area contributed by atoms with E-state index in [0.29, 0.717) is 10.7 Å². The van der Waals surface area contributed by atoms with Gasteiger partial charge in [0.05, 0.1) is 6.04 Å². The Bertz CT molecular complexity index is 713. The molecule has 1 unspecified atom stereocenters. The van der Waals surface area contributed by atoms with E-state index in [0.717, 1.165) is 18.7 Å². The lowest BCUT2D eigenvalue weighted by atomic mass is 9.96. The Balaban J connectivity index is 1.72. The fraction of sp³-hybridized carbons (Fsp3) is 0.588. The molecule has 0 aliphatic heterocycles. The molecule has 2 aromatic rings. The van der Waals surface area contributed by atoms with E-state index in [2.05, 4.69) is 40.0 Å². The maximum atomic E-state index is 12.7. The second kappa shape index (κ2) is 8.07. The highest BCUT2D eigenvalue weighted by molar-refractivity contribution is 7.71. The Hall–Kier alpha value is -1.47. The van der Waals surface area contributed by atoms with Crippen LogP contribution in [0.3, 0.4) is 0 Å². The topological polar surface area (TPSA) is 62.7 Å². The zero-order valence-electron chi connectivity index (χ0n) is 14.0. The molecular formula is C17H24N4OS2. The van der Waals surface area contributed by atoms with Crippen molar-refractivity contribution in [1.29, 1.82) is 0 Å². The predicted molar refractivity (Wildman–Crippen MR) is 98.6 cm³/mol. The van der Waals surface area contributed by atoms with E-state index in [-0.39, 0.29) is 18.5 Å². The van der Waals surface area contributed by atoms with Gasteiger partial charge in [-0.1, -0.05) is 25.8 Å². The summed E-state index contributed by atoms with van der Waals surface area (Å²) < 4.78 is 2.33. The van der Waals surface area contributed by atoms with Crippen molar-refractivity contribution in [3.8, 4) is 0 Å². The van der Waals surface area contributed by atoms with E-state index in [9.17, 15) is 4.79 Å². The number of aromatic amines is 1. The molecule has 0 radical (unpaired) electrons. The summed E-state index contributed by atoms with van der Waals surface area (Å²) in [6, 6.07) is 4.30. The molecule has 0 saturated heterocycles. The van der Waals surface area contributed by atoms with Crippen LogP contribution in [0.15, 0.2) is 17.5 Å². The van der Waals surface area contributed by atoms with Crippen LogP contribution in [0.4, 0.5) is 0 Å². The van der Waals surface area contributed by atoms with Crippen LogP contribution in [0.1, 0.15) is 55.8 Å². The average molecular weight is 365 g/mol. The summed E-state index contributed by atoms with van der Waals surface area (Å²) in [5.41, 5.74) is 0. The predicted octanol–water partition coefficient (Wildman–Crippen LogP) is 4.00. The molecule has 1 aliphatic carbocycles. The lowest BCUT2D eigenvalue weighted by molar-refractivity contribution is -0.122. The quantitative estimate of drug-likeness (QED) is 0.730. The van der Waals surface area contributed by atoms with E-state index in [1.807, 2.05) is 4.57 Å². The highest BCUT2D eigenvalue weighted by Crippen LogP contribution is 2.37. The molecule has 2 heterocycles. The van der Waals surface area contributed by atoms with E-state index in [1.165, 1.54) is 30.6 Å². The van der Waals surface area contributed by atoms with Crippen LogP contribution in [0, 0.1) is 10.7 Å². The number of aromatic nitrogens is 3. The molecule has 1 atom stereocenters. The van der Waals surface area contributed by atoms with Gasteiger partial charge in [0.2, 0.25) is 5.91 Å². The monoisotopic (exact) mass is 364 g/mol. The zero-order chi connectivity index (χ0) is 16.9. The highest BCUT2D eigenvalue weighted by Gasteiger charge is 2.28. The highest BCUT2D eigenvalue weighted by atomic mass is 32.1. The SMILES string of the molecule is CCCc1n[nH]c(=S)n1CC(=O)NC(c1cccs1)C1CCCC1. The van der Waals surface area contributed by atoms with Crippen LogP contribution >= 0.6 is 23.6 Å². The molecule has 2 N–H and O–H groups in total. The van der Waals surface area contributed by atoms with Crippen molar-refractivity contribution in [2.24, 2.45) is 5.92 Å². The van der Waals surface area contributed by atoms with E-state index in [1.54, 1.807) is 11.3 Å². The second-order valence-electron chi connectivity index (χ2n) is 6.39. The number of nitrogens with zero attached hydrogens (tertiary/aromatic N) is 2. The summed E-state index contributed by atoms with van der Waals surface area (Å²) in [6.07, 6.45) is 6.69. The van der Waals surface area contributed by atoms with Gasteiger partial charge in [-0.05, 0) is 48.8 Å². The summed E-state index contributed by atoms with van der Waals surface area (Å²) >= 11 is 6.99. The minimum atomic E-state index is 0.00940. The van der Waals surface area contributed by atoms with Crippen LogP contribution < -0.4 is 5.32 Å². The van der Waals surface area contributed by atoms with Crippen LogP contribution in [-0.2, 0) is 17.8 Å². The Morgan fingerprint density at radius 3 is 3.00 bits per heavy atom. The van der Waals surface area contributed by atoms with Gasteiger partial charge in [-0.15, -0.1) is 11.3 Å². The lowest BCUT2D eigenvalue weighted by Gasteiger charge is -2.24. The summed E-state index contributed by atoms with van der Waals surface area (Å²) in [5, 5.41) is 12.4. The summed E-state index contributed by atoms with van der Waals surface area (Å²) in [4.78, 5) is 13.9. The number of rotatable bonds is 7. The van der Waals surface area contributed by atoms with Gasteiger partial charge in [-0.2, -0.15) is 5.10 Å². The van der Waals surface area contributed by atoms with Crippen molar-refractivity contribution < 1.29 is 4.79 Å². The Labute approximate surface area is 151 Å². The minimum absolute atomic E-state index is 0.00940. The molecule has 1 fully saturated rings. The molecule has 5 nitrogen and oxygen atoms in total. The first-order chi connectivity index (χ1) is 11.7. The molecule has 24 heavy (non-hydrogen) atoms. The normalized spacial score (nSPS) is 16.4. The maximum Gasteiger partial charge on any atom is 0.240 e. The van der Waals surface area contributed by atoms with Crippen molar-refractivity contribution in [3.05, 3.63) is 33.0 Å². The van der Waals surface area contributed by atoms with Crippen LogP contribution in [-0.4, -0.2) is 20.7 Å². The Kier molecular flexibility index (Phi) is 5.84. The van der Waals surface area contributed by atoms with Crippen LogP contribution in [0.2, 0.25) is 0 Å². The largest absolute Gasteiger partial charge is 0.347 e. The number of hydrogen-bond donors (Lipinski definition) is 2. The van der Waals surface area contributed by atoms with Crippen molar-refractivity contribution in [3.63, 3.8) is 0 Å². The molecule has 2 aromatic heterocycles. The molecular weight excluding hydrogens is 340 g/mol. The van der Waals surface area contributed by atoms with E-state index in [4.69, 9.17) is 12.2 Å². The fourth-order valence-corrected chi connectivity index (χ4v) is 4.56. The third kappa shape index (κ3) is 3.95. The lowest BCUT2D eigenvalue weighted by Crippen LogP contribution is -2.35. The zero-order valence-corrected chi connectivity index (χ0v) is 15.6. The summed E-state index contributed by atoms with van der Waals surface area (Å²) in [5.74, 6) is 1.40. The summed E-state index contributed by atoms with van der Waals surface area (Å²) in [7, 11) is 0. The molecule has 1 aliphatic rings. The smallest absolute Gasteiger partial charge is 0.240 e. The van der Waals surface area contributed by atoms with E-state index < -0.39 is 0 Å². The van der Waals surface area contributed by atoms with Gasteiger partial charge < -0.3 is 5.32 Å². The van der Waals surface area contributed by atoms with Gasteiger partial charge in [0, 0.05) is 11.3 Å². The Morgan fingerprint density at radius 1 is 1.54 bits per heavy atom. The van der Waals surface area contributed by atoms with Gasteiger partial charge in [-0.25, -0.2) is 0 Å². The number of hydrogen-bond acceptors (Lipinski definition) is 4. The number of aryl methyl sites for hydroxylation is 1. The number of nitrogens with one attached hydrogen (secondary N) is 2. The van der Waals surface area contributed by atoms with E-state index >= 15 is 0 Å². The minimum Gasteiger partial charge on any atom is -0.347 e.